The first-order chi connectivity index (χ1) is 56.5. The summed E-state index contributed by atoms with van der Waals surface area (Å²) in [6.45, 7) is 38.4. The lowest BCUT2D eigenvalue weighted by Crippen LogP contribution is -2.39. The molecule has 116 heavy (non-hydrogen) atoms. The highest BCUT2D eigenvalue weighted by molar-refractivity contribution is 5.70. The van der Waals surface area contributed by atoms with Gasteiger partial charge in [0.05, 0.1) is 19.8 Å². The molecule has 0 bridgehead atoms. The van der Waals surface area contributed by atoms with Gasteiger partial charge in [0, 0.05) is 78.0 Å². The van der Waals surface area contributed by atoms with Crippen molar-refractivity contribution in [2.75, 3.05) is 118 Å². The highest BCUT2D eigenvalue weighted by Crippen LogP contribution is 2.24. The van der Waals surface area contributed by atoms with E-state index >= 15 is 0 Å². The summed E-state index contributed by atoms with van der Waals surface area (Å²) in [7, 11) is 0. The first kappa shape index (κ1) is 116. The van der Waals surface area contributed by atoms with Gasteiger partial charge in [0.25, 0.3) is 0 Å². The van der Waals surface area contributed by atoms with Gasteiger partial charge in [0.1, 0.15) is 32.0 Å². The largest absolute Gasteiger partial charge is 0.508 e. The van der Waals surface area contributed by atoms with Crippen molar-refractivity contribution in [2.45, 2.75) is 461 Å². The molecule has 0 aromatic heterocycles. The molecule has 3 atom stereocenters. The zero-order valence-electron chi connectivity index (χ0n) is 78.3. The van der Waals surface area contributed by atoms with Gasteiger partial charge in [0.15, 0.2) is 0 Å². The summed E-state index contributed by atoms with van der Waals surface area (Å²) in [6.07, 6.45) is 60.6. The zero-order chi connectivity index (χ0) is 86.1. The van der Waals surface area contributed by atoms with Crippen LogP contribution in [0.2, 0.25) is 0 Å². The SMILES string of the molecule is CCCCCCC(CCCC)CCOC(=O)CCCCCCCCC(CCCCCC)OC(=O)OCCN(CCO)CCN(CC)CC.CCCCCCCCC(=O)O.CCCCCCCCC(=O)OCCN(CCOC(=O)OC(CCCCCC)CCCCCCCCC(=O)OCC(CCCCC)CCCCC)CCN(CC)CC. The molecule has 19 heteroatoms. The fourth-order valence-corrected chi connectivity index (χ4v) is 14.8. The molecule has 0 aliphatic heterocycles. The Morgan fingerprint density at radius 1 is 0.250 bits per heavy atom. The van der Waals surface area contributed by atoms with Crippen LogP contribution in [-0.2, 0) is 52.3 Å². The number of carbonyl (C=O) groups is 6. The standard InChI is InChI=1S/C48H94N2O7.C40H80N2O6.C9H18O2/c1-7-13-17-19-23-29-35-46(51)54-41-39-50(38-37-49(11-5)12-6)40-42-55-48(53)57-45(33-27-18-14-8-2)34-28-22-20-21-24-30-36-47(52)56-43-44(31-25-15-9-3)32-26-16-10-4;1-6-11-14-20-25-37(24-13-8-3)29-35-46-39(44)28-23-19-17-16-18-22-27-38(26-21-15-12-7-2)48-40(45)47-36-33-42(32-34-43)31-30-41(9-4)10-5;1-2-3-4-5-6-7-8-9(10)11/h44-45H,7-43H2,1-6H3;37-38,43H,6-36H2,1-5H3;2-8H2,1H3,(H,10,11). The van der Waals surface area contributed by atoms with Crippen molar-refractivity contribution in [3.05, 3.63) is 0 Å². The van der Waals surface area contributed by atoms with Gasteiger partial charge in [-0.1, -0.05) is 327 Å². The number of aliphatic hydroxyl groups excluding tert-OH is 1. The zero-order valence-corrected chi connectivity index (χ0v) is 78.3. The Morgan fingerprint density at radius 2 is 0.517 bits per heavy atom. The molecule has 19 nitrogen and oxygen atoms in total. The Bertz CT molecular complexity index is 2080. The third-order valence-corrected chi connectivity index (χ3v) is 22.8. The van der Waals surface area contributed by atoms with Gasteiger partial charge in [-0.05, 0) is 134 Å². The van der Waals surface area contributed by atoms with Crippen molar-refractivity contribution in [1.82, 2.24) is 19.6 Å². The Labute approximate surface area is 715 Å². The van der Waals surface area contributed by atoms with Crippen molar-refractivity contribution in [2.24, 2.45) is 11.8 Å². The molecule has 0 heterocycles. The van der Waals surface area contributed by atoms with Crippen molar-refractivity contribution in [3.8, 4) is 0 Å². The molecule has 0 aromatic rings. The van der Waals surface area contributed by atoms with Gasteiger partial charge in [-0.25, -0.2) is 9.59 Å². The van der Waals surface area contributed by atoms with E-state index in [1.54, 1.807) is 0 Å². The number of hydrogen-bond acceptors (Lipinski definition) is 18. The van der Waals surface area contributed by atoms with Crippen LogP contribution in [0, 0.1) is 11.8 Å². The number of ether oxygens (including phenoxy) is 7. The van der Waals surface area contributed by atoms with E-state index in [4.69, 9.17) is 38.3 Å². The van der Waals surface area contributed by atoms with Gasteiger partial charge < -0.3 is 53.2 Å². The lowest BCUT2D eigenvalue weighted by Gasteiger charge is -2.26. The Kier molecular flexibility index (Phi) is 93.8. The first-order valence-corrected chi connectivity index (χ1v) is 49.4. The quantitative estimate of drug-likeness (QED) is 0.0328. The normalized spacial score (nSPS) is 12.2. The van der Waals surface area contributed by atoms with Crippen LogP contribution >= 0.6 is 0 Å². The van der Waals surface area contributed by atoms with Gasteiger partial charge in [0.2, 0.25) is 0 Å². The molecule has 0 amide bonds. The van der Waals surface area contributed by atoms with E-state index < -0.39 is 18.3 Å². The van der Waals surface area contributed by atoms with E-state index in [0.29, 0.717) is 83.5 Å². The minimum atomic E-state index is -0.666. The summed E-state index contributed by atoms with van der Waals surface area (Å²) in [6, 6.07) is 0. The Hall–Kier alpha value is -3.78. The minimum Gasteiger partial charge on any atom is -0.481 e. The molecule has 0 aliphatic rings. The molecule has 0 spiro atoms. The molecular formula is C97H192N4O15. The summed E-state index contributed by atoms with van der Waals surface area (Å²) in [5, 5.41) is 17.8. The molecule has 0 aliphatic carbocycles. The lowest BCUT2D eigenvalue weighted by molar-refractivity contribution is -0.146. The predicted octanol–water partition coefficient (Wildman–Crippen LogP) is 25.6. The molecular weight excluding hydrogens is 1460 g/mol. The number of rotatable bonds is 86. The number of carboxylic acids is 1. The fraction of sp³-hybridized carbons (Fsp3) is 0.938. The van der Waals surface area contributed by atoms with Crippen LogP contribution in [0.4, 0.5) is 9.59 Å². The maximum absolute atomic E-state index is 12.9. The number of nitrogens with zero attached hydrogens (tertiary/aromatic N) is 4. The Morgan fingerprint density at radius 3 is 0.879 bits per heavy atom. The van der Waals surface area contributed by atoms with Gasteiger partial charge in [-0.15, -0.1) is 0 Å². The van der Waals surface area contributed by atoms with Gasteiger partial charge >= 0.3 is 36.2 Å². The van der Waals surface area contributed by atoms with Crippen LogP contribution in [0.25, 0.3) is 0 Å². The highest BCUT2D eigenvalue weighted by Gasteiger charge is 2.21. The summed E-state index contributed by atoms with van der Waals surface area (Å²) in [5.41, 5.74) is 0. The van der Waals surface area contributed by atoms with Crippen molar-refractivity contribution in [3.63, 3.8) is 0 Å². The number of likely N-dealkylation sites (N-methyl/N-ethyl adjacent to an activating group) is 2. The second-order valence-corrected chi connectivity index (χ2v) is 33.2. The van der Waals surface area contributed by atoms with Crippen LogP contribution in [0.1, 0.15) is 449 Å². The molecule has 0 rings (SSSR count). The predicted molar refractivity (Wildman–Crippen MR) is 484 cm³/mol. The topological polar surface area (TPSA) is 220 Å². The average Bonchev–Trinajstić information content (AvgIpc) is 0.989. The van der Waals surface area contributed by atoms with Crippen molar-refractivity contribution >= 4 is 36.2 Å². The number of esters is 3. The molecule has 0 radical (unpaired) electrons. The number of unbranched alkanes of at least 4 members (excludes halogenated alkanes) is 34. The summed E-state index contributed by atoms with van der Waals surface area (Å²) in [5.74, 6) is 0.354. The van der Waals surface area contributed by atoms with Crippen LogP contribution < -0.4 is 0 Å². The minimum absolute atomic E-state index is 0.0344. The van der Waals surface area contributed by atoms with E-state index in [1.807, 2.05) is 0 Å². The second kappa shape index (κ2) is 93.5. The average molecular weight is 1650 g/mol. The Balaban J connectivity index is -0.00000196. The third-order valence-electron chi connectivity index (χ3n) is 22.8. The molecule has 0 saturated carbocycles. The van der Waals surface area contributed by atoms with Crippen LogP contribution in [-0.4, -0.2) is 196 Å². The fourth-order valence-electron chi connectivity index (χ4n) is 14.8. The molecule has 3 unspecified atom stereocenters. The second-order valence-electron chi connectivity index (χ2n) is 33.2. The molecule has 0 fully saturated rings. The van der Waals surface area contributed by atoms with E-state index in [1.165, 1.54) is 180 Å². The summed E-state index contributed by atoms with van der Waals surface area (Å²) in [4.78, 5) is 81.6. The lowest BCUT2D eigenvalue weighted by atomic mass is 9.92. The van der Waals surface area contributed by atoms with E-state index in [9.17, 15) is 33.9 Å². The number of aliphatic carboxylic acids is 1. The van der Waals surface area contributed by atoms with Gasteiger partial charge in [-0.3, -0.25) is 29.0 Å². The van der Waals surface area contributed by atoms with E-state index in [-0.39, 0.29) is 49.9 Å². The van der Waals surface area contributed by atoms with Crippen LogP contribution in [0.15, 0.2) is 0 Å². The highest BCUT2D eigenvalue weighted by atomic mass is 16.7. The molecule has 0 aromatic carbocycles. The van der Waals surface area contributed by atoms with Crippen molar-refractivity contribution < 1.29 is 72.1 Å². The summed E-state index contributed by atoms with van der Waals surface area (Å²) >= 11 is 0. The van der Waals surface area contributed by atoms with Crippen molar-refractivity contribution in [1.29, 1.82) is 0 Å². The monoisotopic (exact) mass is 1650 g/mol. The van der Waals surface area contributed by atoms with E-state index in [0.717, 1.165) is 213 Å². The third kappa shape index (κ3) is 85.2. The molecule has 2 N–H and O–H groups in total. The van der Waals surface area contributed by atoms with Crippen LogP contribution in [0.3, 0.4) is 0 Å². The smallest absolute Gasteiger partial charge is 0.481 e. The molecule has 0 saturated heterocycles. The number of aliphatic hydroxyl groups is 1. The van der Waals surface area contributed by atoms with E-state index in [2.05, 4.69) is 103 Å². The summed E-state index contributed by atoms with van der Waals surface area (Å²) < 4.78 is 39.6. The van der Waals surface area contributed by atoms with Crippen LogP contribution in [0.5, 0.6) is 0 Å². The number of hydrogen-bond donors (Lipinski definition) is 2. The number of carboxylic acid groups (broad SMARTS) is 1. The first-order valence-electron chi connectivity index (χ1n) is 49.4. The number of carbonyl (C=O) groups excluding carboxylic acids is 5. The molecule has 690 valence electrons. The van der Waals surface area contributed by atoms with Gasteiger partial charge in [-0.2, -0.15) is 0 Å². The maximum Gasteiger partial charge on any atom is 0.508 e. The maximum atomic E-state index is 12.9.